The predicted octanol–water partition coefficient (Wildman–Crippen LogP) is 1.14. The molecule has 0 radical (unpaired) electrons. The van der Waals surface area contributed by atoms with E-state index in [2.05, 4.69) is 55.2 Å². The van der Waals surface area contributed by atoms with Gasteiger partial charge in [0.1, 0.15) is 0 Å². The van der Waals surface area contributed by atoms with Crippen LogP contribution in [0.1, 0.15) is 11.1 Å². The normalized spacial score (nSPS) is 11.4. The van der Waals surface area contributed by atoms with E-state index in [1.165, 1.54) is 11.1 Å². The highest BCUT2D eigenvalue weighted by atomic mass is 15.1. The van der Waals surface area contributed by atoms with Gasteiger partial charge in [-0.2, -0.15) is 0 Å². The molecule has 1 aromatic rings. The Labute approximate surface area is 98.8 Å². The number of nitrogens with zero attached hydrogens (tertiary/aromatic N) is 2. The lowest BCUT2D eigenvalue weighted by Gasteiger charge is -2.19. The van der Waals surface area contributed by atoms with Crippen molar-refractivity contribution in [3.8, 4) is 0 Å². The lowest BCUT2D eigenvalue weighted by molar-refractivity contribution is 0.276. The summed E-state index contributed by atoms with van der Waals surface area (Å²) in [5, 5.41) is 0. The van der Waals surface area contributed by atoms with E-state index in [0.29, 0.717) is 6.54 Å². The Balaban J connectivity index is 2.45. The zero-order valence-electron chi connectivity index (χ0n) is 10.6. The van der Waals surface area contributed by atoms with E-state index >= 15 is 0 Å². The zero-order chi connectivity index (χ0) is 12.0. The molecule has 3 heteroatoms. The largest absolute Gasteiger partial charge is 0.326 e. The summed E-state index contributed by atoms with van der Waals surface area (Å²) in [6.07, 6.45) is 0. The van der Waals surface area contributed by atoms with Crippen LogP contribution in [0.25, 0.3) is 0 Å². The number of likely N-dealkylation sites (N-methyl/N-ethyl adjacent to an activating group) is 2. The molecule has 0 aliphatic heterocycles. The molecule has 90 valence electrons. The van der Waals surface area contributed by atoms with Crippen LogP contribution < -0.4 is 5.73 Å². The quantitative estimate of drug-likeness (QED) is 0.782. The Hall–Kier alpha value is -0.900. The summed E-state index contributed by atoms with van der Waals surface area (Å²) < 4.78 is 0. The smallest absolute Gasteiger partial charge is 0.0231 e. The van der Waals surface area contributed by atoms with E-state index in [0.717, 1.165) is 19.6 Å². The van der Waals surface area contributed by atoms with Gasteiger partial charge < -0.3 is 15.5 Å². The number of rotatable bonds is 6. The van der Waals surface area contributed by atoms with Crippen molar-refractivity contribution < 1.29 is 0 Å². The maximum absolute atomic E-state index is 5.63. The highest BCUT2D eigenvalue weighted by Crippen LogP contribution is 2.06. The second-order valence-corrected chi connectivity index (χ2v) is 4.57. The second kappa shape index (κ2) is 6.63. The lowest BCUT2D eigenvalue weighted by atomic mass is 10.1. The molecule has 0 atom stereocenters. The van der Waals surface area contributed by atoms with E-state index in [9.17, 15) is 0 Å². The number of benzene rings is 1. The molecule has 0 saturated carbocycles. The van der Waals surface area contributed by atoms with Gasteiger partial charge in [-0.15, -0.1) is 0 Å². The van der Waals surface area contributed by atoms with Crippen LogP contribution >= 0.6 is 0 Å². The van der Waals surface area contributed by atoms with Gasteiger partial charge in [0.2, 0.25) is 0 Å². The van der Waals surface area contributed by atoms with Crippen LogP contribution in [-0.4, -0.2) is 44.0 Å². The van der Waals surface area contributed by atoms with Crippen LogP contribution in [0.5, 0.6) is 0 Å². The Kier molecular flexibility index (Phi) is 5.46. The number of hydrogen-bond donors (Lipinski definition) is 1. The van der Waals surface area contributed by atoms with E-state index in [1.807, 2.05) is 0 Å². The molecule has 2 N–H and O–H groups in total. The summed E-state index contributed by atoms with van der Waals surface area (Å²) in [7, 11) is 6.35. The number of nitrogens with two attached hydrogens (primary N) is 1. The summed E-state index contributed by atoms with van der Waals surface area (Å²) in [5.74, 6) is 0. The molecule has 0 unspecified atom stereocenters. The van der Waals surface area contributed by atoms with Gasteiger partial charge >= 0.3 is 0 Å². The summed E-state index contributed by atoms with van der Waals surface area (Å²) in [6.45, 7) is 3.78. The van der Waals surface area contributed by atoms with Crippen molar-refractivity contribution in [3.63, 3.8) is 0 Å². The third-order valence-corrected chi connectivity index (χ3v) is 2.61. The first-order valence-electron chi connectivity index (χ1n) is 5.73. The molecule has 0 aliphatic carbocycles. The maximum Gasteiger partial charge on any atom is 0.0231 e. The molecule has 0 saturated heterocycles. The van der Waals surface area contributed by atoms with Crippen molar-refractivity contribution in [3.05, 3.63) is 35.4 Å². The second-order valence-electron chi connectivity index (χ2n) is 4.57. The summed E-state index contributed by atoms with van der Waals surface area (Å²) >= 11 is 0. The van der Waals surface area contributed by atoms with Crippen molar-refractivity contribution in [1.29, 1.82) is 0 Å². The SMILES string of the molecule is CN(C)CCN(C)Cc1cccc(CN)c1. The fraction of sp³-hybridized carbons (Fsp3) is 0.538. The fourth-order valence-electron chi connectivity index (χ4n) is 1.62. The van der Waals surface area contributed by atoms with Crippen LogP contribution in [-0.2, 0) is 13.1 Å². The molecule has 1 aromatic carbocycles. The van der Waals surface area contributed by atoms with Gasteiger partial charge in [0.25, 0.3) is 0 Å². The first kappa shape index (κ1) is 13.2. The maximum atomic E-state index is 5.63. The first-order valence-corrected chi connectivity index (χ1v) is 5.73. The highest BCUT2D eigenvalue weighted by Gasteiger charge is 2.01. The van der Waals surface area contributed by atoms with E-state index in [-0.39, 0.29) is 0 Å². The van der Waals surface area contributed by atoms with Gasteiger partial charge in [-0.05, 0) is 32.3 Å². The highest BCUT2D eigenvalue weighted by molar-refractivity contribution is 5.23. The standard InChI is InChI=1S/C13H23N3/c1-15(2)7-8-16(3)11-13-6-4-5-12(9-13)10-14/h4-6,9H,7-8,10-11,14H2,1-3H3. The van der Waals surface area contributed by atoms with Crippen molar-refractivity contribution in [1.82, 2.24) is 9.80 Å². The Morgan fingerprint density at radius 2 is 1.75 bits per heavy atom. The average Bonchev–Trinajstić information content (AvgIpc) is 2.26. The molecule has 3 nitrogen and oxygen atoms in total. The van der Waals surface area contributed by atoms with E-state index in [4.69, 9.17) is 5.73 Å². The van der Waals surface area contributed by atoms with Crippen LogP contribution in [0, 0.1) is 0 Å². The molecular formula is C13H23N3. The molecule has 1 rings (SSSR count). The van der Waals surface area contributed by atoms with Crippen LogP contribution in [0.15, 0.2) is 24.3 Å². The molecule has 0 amide bonds. The zero-order valence-corrected chi connectivity index (χ0v) is 10.6. The lowest BCUT2D eigenvalue weighted by Crippen LogP contribution is -2.28. The van der Waals surface area contributed by atoms with Crippen LogP contribution in [0.3, 0.4) is 0 Å². The first-order chi connectivity index (χ1) is 7.61. The van der Waals surface area contributed by atoms with Gasteiger partial charge in [-0.1, -0.05) is 24.3 Å². The Morgan fingerprint density at radius 3 is 2.38 bits per heavy atom. The summed E-state index contributed by atoms with van der Waals surface area (Å²) in [6, 6.07) is 8.50. The molecule has 0 aromatic heterocycles. The molecule has 0 fully saturated rings. The monoisotopic (exact) mass is 221 g/mol. The third kappa shape index (κ3) is 4.75. The molecular weight excluding hydrogens is 198 g/mol. The molecule has 0 heterocycles. The summed E-state index contributed by atoms with van der Waals surface area (Å²) in [4.78, 5) is 4.53. The molecule has 16 heavy (non-hydrogen) atoms. The van der Waals surface area contributed by atoms with Crippen molar-refractivity contribution in [2.24, 2.45) is 5.73 Å². The fourth-order valence-corrected chi connectivity index (χ4v) is 1.62. The predicted molar refractivity (Wildman–Crippen MR) is 69.2 cm³/mol. The van der Waals surface area contributed by atoms with E-state index < -0.39 is 0 Å². The van der Waals surface area contributed by atoms with Gasteiger partial charge in [0, 0.05) is 26.2 Å². The van der Waals surface area contributed by atoms with Crippen LogP contribution in [0.2, 0.25) is 0 Å². The van der Waals surface area contributed by atoms with Crippen LogP contribution in [0.4, 0.5) is 0 Å². The Morgan fingerprint density at radius 1 is 1.06 bits per heavy atom. The van der Waals surface area contributed by atoms with Crippen molar-refractivity contribution >= 4 is 0 Å². The van der Waals surface area contributed by atoms with Gasteiger partial charge in [0.05, 0.1) is 0 Å². The average molecular weight is 221 g/mol. The van der Waals surface area contributed by atoms with Crippen molar-refractivity contribution in [2.45, 2.75) is 13.1 Å². The Bertz CT molecular complexity index is 310. The molecule has 0 aliphatic rings. The third-order valence-electron chi connectivity index (χ3n) is 2.61. The van der Waals surface area contributed by atoms with Gasteiger partial charge in [0.15, 0.2) is 0 Å². The van der Waals surface area contributed by atoms with E-state index in [1.54, 1.807) is 0 Å². The minimum atomic E-state index is 0.620. The van der Waals surface area contributed by atoms with Gasteiger partial charge in [-0.3, -0.25) is 0 Å². The minimum Gasteiger partial charge on any atom is -0.326 e. The topological polar surface area (TPSA) is 32.5 Å². The minimum absolute atomic E-state index is 0.620. The molecule has 0 spiro atoms. The van der Waals surface area contributed by atoms with Crippen molar-refractivity contribution in [2.75, 3.05) is 34.2 Å². The molecule has 0 bridgehead atoms. The number of hydrogen-bond acceptors (Lipinski definition) is 3. The van der Waals surface area contributed by atoms with Gasteiger partial charge in [-0.25, -0.2) is 0 Å². The summed E-state index contributed by atoms with van der Waals surface area (Å²) in [5.41, 5.74) is 8.17.